The van der Waals surface area contributed by atoms with Gasteiger partial charge >= 0.3 is 0 Å². The van der Waals surface area contributed by atoms with Crippen molar-refractivity contribution < 1.29 is 5.11 Å². The van der Waals surface area contributed by atoms with E-state index in [1.807, 2.05) is 0 Å². The zero-order chi connectivity index (χ0) is 18.6. The highest BCUT2D eigenvalue weighted by atomic mass is 35.5. The minimum atomic E-state index is -0.0213. The molecule has 1 aliphatic heterocycles. The molecule has 1 heterocycles. The first-order chi connectivity index (χ1) is 11.8. The zero-order valence-corrected chi connectivity index (χ0v) is 15.8. The standard InChI is InChI=1S/C18H28ClN5O/c1-12(2)23(3)9-10-24-8-7-22-18(21)16(24)11-15(20)13-5-4-6-14(19)17(13)25/h4-6,11-12,22,25H,7-10,20-21H2,1-3H3/b15-11-. The van der Waals surface area contributed by atoms with Crippen LogP contribution in [0.2, 0.25) is 5.02 Å². The van der Waals surface area contributed by atoms with Crippen molar-refractivity contribution in [1.82, 2.24) is 15.1 Å². The summed E-state index contributed by atoms with van der Waals surface area (Å²) in [7, 11) is 2.10. The van der Waals surface area contributed by atoms with Gasteiger partial charge in [0.1, 0.15) is 11.6 Å². The van der Waals surface area contributed by atoms with Crippen molar-refractivity contribution in [2.24, 2.45) is 11.5 Å². The summed E-state index contributed by atoms with van der Waals surface area (Å²) in [5.41, 5.74) is 14.1. The number of nitrogens with one attached hydrogen (secondary N) is 1. The Morgan fingerprint density at radius 1 is 1.48 bits per heavy atom. The van der Waals surface area contributed by atoms with Gasteiger partial charge in [0.05, 0.1) is 10.7 Å². The second-order valence-electron chi connectivity index (χ2n) is 6.52. The van der Waals surface area contributed by atoms with Crippen LogP contribution in [0.5, 0.6) is 5.75 Å². The third kappa shape index (κ3) is 4.74. The van der Waals surface area contributed by atoms with Crippen LogP contribution in [0.15, 0.2) is 35.8 Å². The maximum Gasteiger partial charge on any atom is 0.143 e. The molecule has 0 aliphatic carbocycles. The summed E-state index contributed by atoms with van der Waals surface area (Å²) in [6, 6.07) is 5.59. The summed E-state index contributed by atoms with van der Waals surface area (Å²) in [6.07, 6.45) is 1.79. The number of para-hydroxylation sites is 1. The van der Waals surface area contributed by atoms with E-state index in [0.29, 0.717) is 23.1 Å². The van der Waals surface area contributed by atoms with Crippen LogP contribution in [0.1, 0.15) is 19.4 Å². The molecule has 0 amide bonds. The van der Waals surface area contributed by atoms with Crippen LogP contribution in [-0.2, 0) is 0 Å². The molecule has 7 heteroatoms. The Morgan fingerprint density at radius 3 is 2.88 bits per heavy atom. The Hall–Kier alpha value is -2.05. The van der Waals surface area contributed by atoms with Crippen molar-refractivity contribution >= 4 is 17.3 Å². The fourth-order valence-electron chi connectivity index (χ4n) is 2.62. The molecule has 6 N–H and O–H groups in total. The Bertz CT molecular complexity index is 671. The molecule has 0 spiro atoms. The van der Waals surface area contributed by atoms with Crippen LogP contribution in [0.4, 0.5) is 0 Å². The molecule has 0 saturated heterocycles. The van der Waals surface area contributed by atoms with E-state index in [2.05, 4.69) is 36.0 Å². The second-order valence-corrected chi connectivity index (χ2v) is 6.93. The number of phenols is 1. The molecule has 0 atom stereocenters. The summed E-state index contributed by atoms with van der Waals surface area (Å²) in [5, 5.41) is 13.6. The van der Waals surface area contributed by atoms with E-state index in [-0.39, 0.29) is 10.8 Å². The average molecular weight is 366 g/mol. The normalized spacial score (nSPS) is 15.9. The van der Waals surface area contributed by atoms with E-state index in [1.165, 1.54) is 0 Å². The number of halogens is 1. The first kappa shape index (κ1) is 19.3. The number of benzene rings is 1. The van der Waals surface area contributed by atoms with Crippen molar-refractivity contribution in [1.29, 1.82) is 0 Å². The van der Waals surface area contributed by atoms with E-state index in [9.17, 15) is 5.11 Å². The first-order valence-corrected chi connectivity index (χ1v) is 8.83. The second kappa shape index (κ2) is 8.36. The molecule has 0 fully saturated rings. The van der Waals surface area contributed by atoms with Crippen molar-refractivity contribution in [2.75, 3.05) is 33.2 Å². The van der Waals surface area contributed by atoms with E-state index < -0.39 is 0 Å². The first-order valence-electron chi connectivity index (χ1n) is 8.45. The Morgan fingerprint density at radius 2 is 2.20 bits per heavy atom. The largest absolute Gasteiger partial charge is 0.506 e. The fourth-order valence-corrected chi connectivity index (χ4v) is 2.79. The quantitative estimate of drug-likeness (QED) is 0.613. The maximum atomic E-state index is 10.1. The van der Waals surface area contributed by atoms with Crippen LogP contribution >= 0.6 is 11.6 Å². The summed E-state index contributed by atoms with van der Waals surface area (Å²) in [6.45, 7) is 7.73. The lowest BCUT2D eigenvalue weighted by Gasteiger charge is -2.34. The highest BCUT2D eigenvalue weighted by molar-refractivity contribution is 6.32. The molecule has 6 nitrogen and oxygen atoms in total. The fraction of sp³-hybridized carbons (Fsp3) is 0.444. The van der Waals surface area contributed by atoms with Gasteiger partial charge in [-0.2, -0.15) is 0 Å². The van der Waals surface area contributed by atoms with Crippen molar-refractivity contribution in [2.45, 2.75) is 19.9 Å². The van der Waals surface area contributed by atoms with Crippen molar-refractivity contribution in [3.63, 3.8) is 0 Å². The molecule has 0 saturated carbocycles. The molecule has 1 aromatic rings. The topological polar surface area (TPSA) is 90.8 Å². The predicted octanol–water partition coefficient (Wildman–Crippen LogP) is 1.72. The van der Waals surface area contributed by atoms with E-state index in [1.54, 1.807) is 24.3 Å². The Labute approximate surface area is 154 Å². The number of likely N-dealkylation sites (N-methyl/N-ethyl adjacent to an activating group) is 1. The highest BCUT2D eigenvalue weighted by Crippen LogP contribution is 2.31. The number of phenolic OH excluding ortho intramolecular Hbond substituents is 1. The predicted molar refractivity (Wildman–Crippen MR) is 104 cm³/mol. The zero-order valence-electron chi connectivity index (χ0n) is 15.1. The number of allylic oxidation sites excluding steroid dienone is 1. The van der Waals surface area contributed by atoms with Gasteiger partial charge in [-0.25, -0.2) is 0 Å². The van der Waals surface area contributed by atoms with Gasteiger partial charge in [0, 0.05) is 43.5 Å². The third-order valence-electron chi connectivity index (χ3n) is 4.51. The minimum absolute atomic E-state index is 0.0213. The monoisotopic (exact) mass is 365 g/mol. The molecule has 1 aromatic carbocycles. The van der Waals surface area contributed by atoms with Gasteiger partial charge in [-0.3, -0.25) is 0 Å². The molecule has 2 rings (SSSR count). The van der Waals surface area contributed by atoms with Crippen LogP contribution in [0, 0.1) is 0 Å². The summed E-state index contributed by atoms with van der Waals surface area (Å²) >= 11 is 5.97. The molecule has 0 bridgehead atoms. The van der Waals surface area contributed by atoms with Crippen LogP contribution < -0.4 is 16.8 Å². The third-order valence-corrected chi connectivity index (χ3v) is 4.81. The summed E-state index contributed by atoms with van der Waals surface area (Å²) < 4.78 is 0. The Kier molecular flexibility index (Phi) is 6.45. The molecule has 0 aromatic heterocycles. The average Bonchev–Trinajstić information content (AvgIpc) is 2.57. The van der Waals surface area contributed by atoms with E-state index >= 15 is 0 Å². The molecule has 138 valence electrons. The lowest BCUT2D eigenvalue weighted by atomic mass is 10.1. The molecular weight excluding hydrogens is 338 g/mol. The number of hydrogen-bond donors (Lipinski definition) is 4. The Balaban J connectivity index is 2.24. The van der Waals surface area contributed by atoms with Gasteiger partial charge < -0.3 is 31.7 Å². The molecule has 25 heavy (non-hydrogen) atoms. The summed E-state index contributed by atoms with van der Waals surface area (Å²) in [5.74, 6) is 0.565. The number of nitrogens with two attached hydrogens (primary N) is 2. The number of hydrogen-bond acceptors (Lipinski definition) is 6. The number of nitrogens with zero attached hydrogens (tertiary/aromatic N) is 2. The number of aromatic hydroxyl groups is 1. The van der Waals surface area contributed by atoms with Gasteiger partial charge in [-0.1, -0.05) is 17.7 Å². The maximum absolute atomic E-state index is 10.1. The van der Waals surface area contributed by atoms with Gasteiger partial charge in [-0.15, -0.1) is 0 Å². The summed E-state index contributed by atoms with van der Waals surface area (Å²) in [4.78, 5) is 4.49. The van der Waals surface area contributed by atoms with E-state index in [0.717, 1.165) is 31.9 Å². The number of rotatable bonds is 6. The van der Waals surface area contributed by atoms with Gasteiger partial charge in [0.2, 0.25) is 0 Å². The molecule has 1 aliphatic rings. The molecular formula is C18H28ClN5O. The van der Waals surface area contributed by atoms with Crippen LogP contribution in [-0.4, -0.2) is 54.2 Å². The lowest BCUT2D eigenvalue weighted by Crippen LogP contribution is -2.44. The lowest BCUT2D eigenvalue weighted by molar-refractivity contribution is 0.225. The van der Waals surface area contributed by atoms with Gasteiger partial charge in [0.15, 0.2) is 0 Å². The molecule has 0 unspecified atom stereocenters. The highest BCUT2D eigenvalue weighted by Gasteiger charge is 2.18. The smallest absolute Gasteiger partial charge is 0.143 e. The van der Waals surface area contributed by atoms with Gasteiger partial charge in [-0.05, 0) is 39.1 Å². The van der Waals surface area contributed by atoms with Crippen LogP contribution in [0.3, 0.4) is 0 Å². The van der Waals surface area contributed by atoms with Crippen molar-refractivity contribution in [3.05, 3.63) is 46.4 Å². The van der Waals surface area contributed by atoms with Gasteiger partial charge in [0.25, 0.3) is 0 Å². The van der Waals surface area contributed by atoms with Crippen LogP contribution in [0.25, 0.3) is 5.70 Å². The minimum Gasteiger partial charge on any atom is -0.506 e. The SMILES string of the molecule is CC(C)N(C)CCN1CCNC(N)=C1/C=C(\N)c1cccc(Cl)c1O. The molecule has 0 radical (unpaired) electrons. The van der Waals surface area contributed by atoms with E-state index in [4.69, 9.17) is 23.1 Å². The van der Waals surface area contributed by atoms with Crippen molar-refractivity contribution in [3.8, 4) is 5.75 Å².